The second-order valence-electron chi connectivity index (χ2n) is 4.90. The van der Waals surface area contributed by atoms with Crippen LogP contribution in [-0.2, 0) is 0 Å². The smallest absolute Gasteiger partial charge is 0.0470 e. The van der Waals surface area contributed by atoms with Gasteiger partial charge in [-0.25, -0.2) is 5.84 Å². The molecule has 4 N–H and O–H groups in total. The summed E-state index contributed by atoms with van der Waals surface area (Å²) < 4.78 is 0. The average Bonchev–Trinajstić information content (AvgIpc) is 2.28. The van der Waals surface area contributed by atoms with Crippen molar-refractivity contribution in [3.05, 3.63) is 11.9 Å². The summed E-state index contributed by atoms with van der Waals surface area (Å²) in [6, 6.07) is 0.445. The number of hydrogen-bond acceptors (Lipinski definition) is 4. The molecule has 0 bridgehead atoms. The van der Waals surface area contributed by atoms with Gasteiger partial charge in [0.15, 0.2) is 0 Å². The molecule has 0 saturated carbocycles. The molecule has 1 aliphatic heterocycles. The number of piperidine rings is 1. The van der Waals surface area contributed by atoms with Gasteiger partial charge in [-0.1, -0.05) is 20.8 Å². The molecule has 0 aromatic carbocycles. The topological polar surface area (TPSA) is 58.5 Å². The molecule has 16 heavy (non-hydrogen) atoms. The van der Waals surface area contributed by atoms with Gasteiger partial charge in [0.05, 0.1) is 0 Å². The first-order valence-corrected chi connectivity index (χ1v) is 6.27. The zero-order valence-electron chi connectivity index (χ0n) is 10.8. The minimum atomic E-state index is 0.363. The minimum Gasteiger partial charge on any atom is -0.401 e. The lowest BCUT2D eigenvalue weighted by Gasteiger charge is -2.35. The summed E-state index contributed by atoms with van der Waals surface area (Å²) in [4.78, 5) is 2.46. The molecule has 0 unspecified atom stereocenters. The Hall–Kier alpha value is -0.740. The van der Waals surface area contributed by atoms with Crippen molar-refractivity contribution in [2.24, 2.45) is 17.5 Å². The zero-order valence-corrected chi connectivity index (χ0v) is 10.8. The first-order chi connectivity index (χ1) is 7.54. The Morgan fingerprint density at radius 2 is 2.00 bits per heavy atom. The van der Waals surface area contributed by atoms with Crippen LogP contribution in [0.4, 0.5) is 0 Å². The lowest BCUT2D eigenvalue weighted by Crippen LogP contribution is -2.46. The third-order valence-corrected chi connectivity index (χ3v) is 3.39. The van der Waals surface area contributed by atoms with Gasteiger partial charge < -0.3 is 15.6 Å². The van der Waals surface area contributed by atoms with Gasteiger partial charge in [0, 0.05) is 31.0 Å². The van der Waals surface area contributed by atoms with Crippen LogP contribution in [0.3, 0.4) is 0 Å². The van der Waals surface area contributed by atoms with Crippen LogP contribution in [-0.4, -0.2) is 35.6 Å². The Bertz CT molecular complexity index is 229. The summed E-state index contributed by atoms with van der Waals surface area (Å²) in [6.07, 6.45) is 4.16. The van der Waals surface area contributed by atoms with Crippen LogP contribution in [0.15, 0.2) is 11.9 Å². The van der Waals surface area contributed by atoms with E-state index in [2.05, 4.69) is 25.7 Å². The van der Waals surface area contributed by atoms with Crippen molar-refractivity contribution in [3.8, 4) is 0 Å². The van der Waals surface area contributed by atoms with Gasteiger partial charge in [-0.3, -0.25) is 0 Å². The summed E-state index contributed by atoms with van der Waals surface area (Å²) in [5.74, 6) is 6.40. The van der Waals surface area contributed by atoms with E-state index in [9.17, 15) is 0 Å². The molecule has 0 aliphatic carbocycles. The molecular weight excluding hydrogens is 200 g/mol. The molecule has 1 rings (SSSR count). The molecule has 1 aliphatic rings. The molecule has 1 saturated heterocycles. The lowest BCUT2D eigenvalue weighted by atomic mass is 10.0. The van der Waals surface area contributed by atoms with Crippen molar-refractivity contribution in [1.82, 2.24) is 9.91 Å². The molecule has 0 aromatic heterocycles. The van der Waals surface area contributed by atoms with Gasteiger partial charge in [0.2, 0.25) is 0 Å². The van der Waals surface area contributed by atoms with Crippen LogP contribution in [0.25, 0.3) is 0 Å². The normalized spacial score (nSPS) is 20.4. The molecule has 0 aromatic rings. The van der Waals surface area contributed by atoms with Crippen molar-refractivity contribution in [2.45, 2.75) is 39.7 Å². The number of allylic oxidation sites excluding steroid dienone is 1. The molecule has 0 radical (unpaired) electrons. The maximum atomic E-state index is 6.03. The van der Waals surface area contributed by atoms with Crippen molar-refractivity contribution < 1.29 is 0 Å². The van der Waals surface area contributed by atoms with Gasteiger partial charge >= 0.3 is 0 Å². The summed E-state index contributed by atoms with van der Waals surface area (Å²) >= 11 is 0. The second-order valence-corrected chi connectivity index (χ2v) is 4.90. The van der Waals surface area contributed by atoms with Crippen LogP contribution >= 0.6 is 0 Å². The maximum absolute atomic E-state index is 6.03. The molecule has 4 heteroatoms. The van der Waals surface area contributed by atoms with Gasteiger partial charge in [0.1, 0.15) is 0 Å². The SMILES string of the molecule is CCN1CCC(N(N)/C=C(\N)C(C)C)CC1. The summed E-state index contributed by atoms with van der Waals surface area (Å²) in [5, 5.41) is 1.81. The highest BCUT2D eigenvalue weighted by molar-refractivity contribution is 4.99. The number of likely N-dealkylation sites (tertiary alicyclic amines) is 1. The number of nitrogens with two attached hydrogens (primary N) is 2. The Labute approximate surface area is 99.2 Å². The third-order valence-electron chi connectivity index (χ3n) is 3.39. The zero-order chi connectivity index (χ0) is 12.1. The van der Waals surface area contributed by atoms with Crippen molar-refractivity contribution >= 4 is 0 Å². The van der Waals surface area contributed by atoms with Crippen molar-refractivity contribution in [1.29, 1.82) is 0 Å². The first kappa shape index (κ1) is 13.3. The Morgan fingerprint density at radius 1 is 1.44 bits per heavy atom. The van der Waals surface area contributed by atoms with E-state index in [1.165, 1.54) is 0 Å². The number of hydrogen-bond donors (Lipinski definition) is 2. The van der Waals surface area contributed by atoms with Gasteiger partial charge in [-0.15, -0.1) is 0 Å². The van der Waals surface area contributed by atoms with Crippen LogP contribution < -0.4 is 11.6 Å². The molecule has 0 spiro atoms. The van der Waals surface area contributed by atoms with Crippen molar-refractivity contribution in [2.75, 3.05) is 19.6 Å². The molecule has 0 amide bonds. The minimum absolute atomic E-state index is 0.363. The first-order valence-electron chi connectivity index (χ1n) is 6.27. The Morgan fingerprint density at radius 3 is 2.44 bits per heavy atom. The predicted molar refractivity (Wildman–Crippen MR) is 68.3 cm³/mol. The molecular formula is C12H26N4. The lowest BCUT2D eigenvalue weighted by molar-refractivity contribution is 0.145. The van der Waals surface area contributed by atoms with Crippen molar-refractivity contribution in [3.63, 3.8) is 0 Å². The summed E-state index contributed by atoms with van der Waals surface area (Å²) in [5.41, 5.74) is 6.77. The third kappa shape index (κ3) is 3.68. The van der Waals surface area contributed by atoms with E-state index in [4.69, 9.17) is 11.6 Å². The molecule has 94 valence electrons. The highest BCUT2D eigenvalue weighted by atomic mass is 15.4. The Kier molecular flexibility index (Phi) is 5.09. The monoisotopic (exact) mass is 226 g/mol. The van der Waals surface area contributed by atoms with E-state index < -0.39 is 0 Å². The summed E-state index contributed by atoms with van der Waals surface area (Å²) in [6.45, 7) is 9.80. The highest BCUT2D eigenvalue weighted by Gasteiger charge is 2.20. The number of nitrogens with zero attached hydrogens (tertiary/aromatic N) is 2. The maximum Gasteiger partial charge on any atom is 0.0470 e. The van der Waals surface area contributed by atoms with E-state index in [0.29, 0.717) is 12.0 Å². The van der Waals surface area contributed by atoms with E-state index in [-0.39, 0.29) is 0 Å². The quantitative estimate of drug-likeness (QED) is 0.557. The molecule has 0 atom stereocenters. The van der Waals surface area contributed by atoms with Gasteiger partial charge in [-0.2, -0.15) is 0 Å². The molecule has 4 nitrogen and oxygen atoms in total. The largest absolute Gasteiger partial charge is 0.401 e. The van der Waals surface area contributed by atoms with E-state index in [0.717, 1.165) is 38.2 Å². The number of hydrazine groups is 1. The summed E-state index contributed by atoms with van der Waals surface area (Å²) in [7, 11) is 0. The van der Waals surface area contributed by atoms with E-state index in [1.807, 2.05) is 11.2 Å². The standard InChI is InChI=1S/C12H26N4/c1-4-15-7-5-11(6-8-15)16(14)9-12(13)10(2)3/h9-11H,4-8,13-14H2,1-3H3/b12-9-. The Balaban J connectivity index is 2.44. The fraction of sp³-hybridized carbons (Fsp3) is 0.833. The number of rotatable bonds is 4. The fourth-order valence-corrected chi connectivity index (χ4v) is 1.96. The molecule has 1 heterocycles. The van der Waals surface area contributed by atoms with Gasteiger partial charge in [-0.05, 0) is 25.3 Å². The van der Waals surface area contributed by atoms with Crippen LogP contribution in [0.5, 0.6) is 0 Å². The average molecular weight is 226 g/mol. The van der Waals surface area contributed by atoms with E-state index >= 15 is 0 Å². The van der Waals surface area contributed by atoms with Crippen LogP contribution in [0, 0.1) is 5.92 Å². The van der Waals surface area contributed by atoms with Gasteiger partial charge in [0.25, 0.3) is 0 Å². The highest BCUT2D eigenvalue weighted by Crippen LogP contribution is 2.15. The van der Waals surface area contributed by atoms with E-state index in [1.54, 1.807) is 0 Å². The van der Waals surface area contributed by atoms with Crippen LogP contribution in [0.2, 0.25) is 0 Å². The predicted octanol–water partition coefficient (Wildman–Crippen LogP) is 1.10. The van der Waals surface area contributed by atoms with Crippen LogP contribution in [0.1, 0.15) is 33.6 Å². The molecule has 1 fully saturated rings. The fourth-order valence-electron chi connectivity index (χ4n) is 1.96. The second kappa shape index (κ2) is 6.11.